The first-order valence-electron chi connectivity index (χ1n) is 8.64. The van der Waals surface area contributed by atoms with E-state index in [9.17, 15) is 27.6 Å². The highest BCUT2D eigenvalue weighted by molar-refractivity contribution is 8.14. The third-order valence-corrected chi connectivity index (χ3v) is 9.93. The van der Waals surface area contributed by atoms with Gasteiger partial charge in [0, 0.05) is 12.5 Å². The monoisotopic (exact) mass is 464 g/mol. The van der Waals surface area contributed by atoms with Crippen LogP contribution < -0.4 is 10.7 Å². The Labute approximate surface area is 177 Å². The number of fused-ring (bicyclic) bond motifs is 1. The minimum Gasteiger partial charge on any atom is -0.322 e. The average molecular weight is 465 g/mol. The number of thioether (sulfide) groups is 1. The fourth-order valence-corrected chi connectivity index (χ4v) is 7.96. The van der Waals surface area contributed by atoms with Gasteiger partial charge in [-0.1, -0.05) is 32.5 Å². The molecule has 160 valence electrons. The topological polar surface area (TPSA) is 133 Å². The molecule has 0 aliphatic carbocycles. The lowest BCUT2D eigenvalue weighted by Gasteiger charge is -2.50. The summed E-state index contributed by atoms with van der Waals surface area (Å²) < 4.78 is 25.2. The normalized spacial score (nSPS) is 32.3. The maximum Gasteiger partial charge on any atom is 0.323 e. The number of sulfone groups is 1. The first-order chi connectivity index (χ1) is 13.2. The van der Waals surface area contributed by atoms with Crippen LogP contribution in [0.25, 0.3) is 0 Å². The Kier molecular flexibility index (Phi) is 5.30. The first kappa shape index (κ1) is 22.1. The van der Waals surface area contributed by atoms with Crippen LogP contribution in [0.5, 0.6) is 0 Å². The molecular formula is C16H21ClN4O6S2. The molecular weight excluding hydrogens is 444 g/mol. The van der Waals surface area contributed by atoms with Crippen LogP contribution >= 0.6 is 23.4 Å². The number of allylic oxidation sites excluding steroid dienone is 1. The lowest BCUT2D eigenvalue weighted by molar-refractivity contribution is -0.146. The van der Waals surface area contributed by atoms with Crippen LogP contribution in [0.15, 0.2) is 11.3 Å². The van der Waals surface area contributed by atoms with E-state index in [2.05, 4.69) is 10.7 Å². The molecule has 2 unspecified atom stereocenters. The number of rotatable bonds is 3. The van der Waals surface area contributed by atoms with E-state index in [4.69, 9.17) is 11.6 Å². The zero-order valence-electron chi connectivity index (χ0n) is 16.3. The van der Waals surface area contributed by atoms with E-state index in [1.807, 2.05) is 0 Å². The van der Waals surface area contributed by atoms with Gasteiger partial charge in [0.15, 0.2) is 21.0 Å². The average Bonchev–Trinajstić information content (AvgIpc) is 2.60. The van der Waals surface area contributed by atoms with E-state index in [0.717, 1.165) is 16.7 Å². The number of Topliss-reactive ketones (excluding diaryl/α,β-unsaturated/α-hetero) is 1. The molecule has 3 aliphatic rings. The van der Waals surface area contributed by atoms with Crippen molar-refractivity contribution in [3.05, 3.63) is 11.3 Å². The Morgan fingerprint density at radius 3 is 2.31 bits per heavy atom. The predicted molar refractivity (Wildman–Crippen MR) is 106 cm³/mol. The predicted octanol–water partition coefficient (Wildman–Crippen LogP) is -0.485. The molecule has 0 spiro atoms. The number of carbonyl (C=O) groups is 4. The number of amides is 3. The fraction of sp³-hybridized carbons (Fsp3) is 0.625. The SMILES string of the molecule is CC1=C(C(=O)C(C)(C)C)N2C(=O)[C@H](Cl)[C@H]2S(=O)(=O)C1SC1NC(=O)C(=O)NN1C. The van der Waals surface area contributed by atoms with E-state index >= 15 is 0 Å². The summed E-state index contributed by atoms with van der Waals surface area (Å²) in [5, 5.41) is 1.02. The Hall–Kier alpha value is -1.63. The fourth-order valence-electron chi connectivity index (χ4n) is 3.26. The third-order valence-electron chi connectivity index (χ3n) is 4.82. The number of β-lactam (4-membered cyclic amide) rings is 1. The molecule has 0 aromatic heterocycles. The van der Waals surface area contributed by atoms with Crippen LogP contribution in [0.2, 0.25) is 0 Å². The van der Waals surface area contributed by atoms with E-state index in [0.29, 0.717) is 0 Å². The quantitative estimate of drug-likeness (QED) is 0.325. The molecule has 0 aromatic carbocycles. The largest absolute Gasteiger partial charge is 0.323 e. The highest BCUT2D eigenvalue weighted by Gasteiger charge is 2.62. The van der Waals surface area contributed by atoms with Gasteiger partial charge in [-0.3, -0.25) is 29.5 Å². The molecule has 0 radical (unpaired) electrons. The summed E-state index contributed by atoms with van der Waals surface area (Å²) in [5.41, 5.74) is 0.746. The number of ketones is 1. The zero-order chi connectivity index (χ0) is 22.0. The minimum absolute atomic E-state index is 0.0190. The van der Waals surface area contributed by atoms with Crippen molar-refractivity contribution in [3.8, 4) is 0 Å². The van der Waals surface area contributed by atoms with Crippen LogP contribution in [0.4, 0.5) is 0 Å². The van der Waals surface area contributed by atoms with Crippen LogP contribution in [0, 0.1) is 5.41 Å². The Morgan fingerprint density at radius 1 is 1.17 bits per heavy atom. The van der Waals surface area contributed by atoms with Crippen molar-refractivity contribution in [1.29, 1.82) is 0 Å². The van der Waals surface area contributed by atoms with Crippen LogP contribution in [0.1, 0.15) is 27.7 Å². The molecule has 29 heavy (non-hydrogen) atoms. The Balaban J connectivity index is 2.07. The van der Waals surface area contributed by atoms with E-state index < -0.39 is 53.8 Å². The smallest absolute Gasteiger partial charge is 0.322 e. The summed E-state index contributed by atoms with van der Waals surface area (Å²) >= 11 is 6.85. The molecule has 3 heterocycles. The highest BCUT2D eigenvalue weighted by atomic mass is 35.5. The van der Waals surface area contributed by atoms with Crippen LogP contribution in [0.3, 0.4) is 0 Å². The number of carbonyl (C=O) groups excluding carboxylic acids is 4. The molecule has 4 atom stereocenters. The zero-order valence-corrected chi connectivity index (χ0v) is 18.7. The molecule has 13 heteroatoms. The number of hydrogen-bond acceptors (Lipinski definition) is 8. The van der Waals surface area contributed by atoms with Crippen molar-refractivity contribution >= 4 is 56.7 Å². The number of nitrogens with one attached hydrogen (secondary N) is 2. The number of hydrogen-bond donors (Lipinski definition) is 2. The third kappa shape index (κ3) is 3.35. The number of nitrogens with zero attached hydrogens (tertiary/aromatic N) is 2. The van der Waals surface area contributed by atoms with Crippen LogP contribution in [-0.4, -0.2) is 69.7 Å². The van der Waals surface area contributed by atoms with Gasteiger partial charge in [-0.2, -0.15) is 5.01 Å². The molecule has 3 rings (SSSR count). The second kappa shape index (κ2) is 6.96. The van der Waals surface area contributed by atoms with Crippen molar-refractivity contribution in [2.24, 2.45) is 5.41 Å². The lowest BCUT2D eigenvalue weighted by atomic mass is 9.86. The minimum atomic E-state index is -4.03. The molecule has 0 saturated carbocycles. The van der Waals surface area contributed by atoms with E-state index in [1.54, 1.807) is 20.8 Å². The molecule has 0 aromatic rings. The molecule has 10 nitrogen and oxygen atoms in total. The second-order valence-electron chi connectivity index (χ2n) is 8.05. The molecule has 2 N–H and O–H groups in total. The standard InChI is InChI=1S/C16H21ClN4O6S2/c1-6-8(9(22)16(2,3)4)21-12(25)7(17)13(21)29(26,27)14(6)28-15-18-10(23)11(24)19-20(15)5/h7,13-15H,1-5H3,(H,18,23)(H,19,24)/t7-,13+,14?,15?/m0/s1. The van der Waals surface area contributed by atoms with Gasteiger partial charge in [0.2, 0.25) is 5.91 Å². The van der Waals surface area contributed by atoms with Gasteiger partial charge >= 0.3 is 11.8 Å². The van der Waals surface area contributed by atoms with Crippen molar-refractivity contribution in [2.45, 2.75) is 48.5 Å². The lowest BCUT2D eigenvalue weighted by Crippen LogP contribution is -2.70. The maximum absolute atomic E-state index is 13.2. The molecule has 2 fully saturated rings. The maximum atomic E-state index is 13.2. The van der Waals surface area contributed by atoms with E-state index in [-0.39, 0.29) is 17.1 Å². The van der Waals surface area contributed by atoms with E-state index in [1.165, 1.54) is 19.0 Å². The van der Waals surface area contributed by atoms with Crippen molar-refractivity contribution in [1.82, 2.24) is 20.7 Å². The molecule has 3 amide bonds. The van der Waals surface area contributed by atoms with Gasteiger partial charge in [0.25, 0.3) is 0 Å². The van der Waals surface area contributed by atoms with Gasteiger partial charge in [-0.15, -0.1) is 11.6 Å². The molecule has 2 saturated heterocycles. The molecule has 0 bridgehead atoms. The summed E-state index contributed by atoms with van der Waals surface area (Å²) in [4.78, 5) is 49.5. The first-order valence-corrected chi connectivity index (χ1v) is 11.6. The number of hydrazine groups is 1. The van der Waals surface area contributed by atoms with Crippen molar-refractivity contribution in [3.63, 3.8) is 0 Å². The number of halogens is 1. The second-order valence-corrected chi connectivity index (χ2v) is 12.1. The summed E-state index contributed by atoms with van der Waals surface area (Å²) in [7, 11) is -2.56. The Morgan fingerprint density at radius 2 is 1.76 bits per heavy atom. The molecule has 3 aliphatic heterocycles. The van der Waals surface area contributed by atoms with Crippen LogP contribution in [-0.2, 0) is 29.0 Å². The van der Waals surface area contributed by atoms with Gasteiger partial charge in [0.05, 0.1) is 5.70 Å². The van der Waals surface area contributed by atoms with Gasteiger partial charge in [-0.25, -0.2) is 8.42 Å². The van der Waals surface area contributed by atoms with Crippen molar-refractivity contribution in [2.75, 3.05) is 7.05 Å². The van der Waals surface area contributed by atoms with Gasteiger partial charge < -0.3 is 5.32 Å². The number of alkyl halides is 1. The summed E-state index contributed by atoms with van der Waals surface area (Å²) in [6, 6.07) is 0. The van der Waals surface area contributed by atoms with Crippen molar-refractivity contribution < 1.29 is 27.6 Å². The summed E-state index contributed by atoms with van der Waals surface area (Å²) in [5.74, 6) is -2.79. The van der Waals surface area contributed by atoms with Gasteiger partial charge in [0.1, 0.15) is 15.5 Å². The van der Waals surface area contributed by atoms with Gasteiger partial charge in [-0.05, 0) is 12.5 Å². The highest BCUT2D eigenvalue weighted by Crippen LogP contribution is 2.47. The Bertz CT molecular complexity index is 957. The summed E-state index contributed by atoms with van der Waals surface area (Å²) in [6.45, 7) is 6.48. The summed E-state index contributed by atoms with van der Waals surface area (Å²) in [6.07, 6.45) is 0.